The van der Waals surface area contributed by atoms with Gasteiger partial charge >= 0.3 is 7.25 Å². The fourth-order valence-corrected chi connectivity index (χ4v) is 1.64. The first-order chi connectivity index (χ1) is 6.52. The van der Waals surface area contributed by atoms with E-state index in [0.717, 1.165) is 0 Å². The van der Waals surface area contributed by atoms with Gasteiger partial charge in [-0.1, -0.05) is 0 Å². The van der Waals surface area contributed by atoms with Gasteiger partial charge in [-0.2, -0.15) is 0 Å². The quantitative estimate of drug-likeness (QED) is 0.246. The molecule has 2 nitrogen and oxygen atoms in total. The highest BCUT2D eigenvalue weighted by molar-refractivity contribution is 14.1. The zero-order valence-electron chi connectivity index (χ0n) is 9.02. The van der Waals surface area contributed by atoms with Crippen molar-refractivity contribution in [2.45, 2.75) is 0 Å². The van der Waals surface area contributed by atoms with Gasteiger partial charge in [-0.3, -0.25) is 0 Å². The van der Waals surface area contributed by atoms with E-state index in [-0.39, 0.29) is 0 Å². The van der Waals surface area contributed by atoms with Crippen molar-refractivity contribution in [1.82, 2.24) is 4.90 Å². The molecule has 0 radical (unpaired) electrons. The Hall–Kier alpha value is -0.275. The molecule has 0 aromatic rings. The number of nitrogens with zero attached hydrogens (tertiary/aromatic N) is 2. The van der Waals surface area contributed by atoms with Crippen molar-refractivity contribution >= 4 is 36.1 Å². The van der Waals surface area contributed by atoms with Crippen LogP contribution in [0.3, 0.4) is 0 Å². The Balaban J connectivity index is 0. The van der Waals surface area contributed by atoms with Gasteiger partial charge in [0.05, 0.1) is 3.58 Å². The molecule has 0 fully saturated rings. The van der Waals surface area contributed by atoms with Gasteiger partial charge in [-0.05, 0) is 22.6 Å². The van der Waals surface area contributed by atoms with Crippen LogP contribution in [0.2, 0.25) is 0 Å². The molecule has 0 aromatic carbocycles. The predicted molar refractivity (Wildman–Crippen MR) is 64.1 cm³/mol. The van der Waals surface area contributed by atoms with Crippen LogP contribution in [0.5, 0.6) is 0 Å². The van der Waals surface area contributed by atoms with Gasteiger partial charge in [0.1, 0.15) is 14.1 Å². The predicted octanol–water partition coefficient (Wildman–Crippen LogP) is 2.47. The van der Waals surface area contributed by atoms with Crippen molar-refractivity contribution in [3.63, 3.8) is 0 Å². The first-order valence-corrected chi connectivity index (χ1v) is 5.02. The van der Waals surface area contributed by atoms with Crippen LogP contribution in [0.15, 0.2) is 9.78 Å². The number of hydrogen-bond acceptors (Lipinski definition) is 1. The monoisotopic (exact) mass is 340 g/mol. The summed E-state index contributed by atoms with van der Waals surface area (Å²) in [6.45, 7) is 0. The molecule has 0 atom stereocenters. The molecule has 0 amide bonds. The van der Waals surface area contributed by atoms with Gasteiger partial charge in [0.25, 0.3) is 0 Å². The summed E-state index contributed by atoms with van der Waals surface area (Å²) in [6, 6.07) is 0. The number of allylic oxidation sites excluding steroid dienone is 1. The van der Waals surface area contributed by atoms with Gasteiger partial charge in [-0.15, -0.1) is 0 Å². The lowest BCUT2D eigenvalue weighted by atomic mass is 10.3. The molecule has 0 bridgehead atoms. The topological polar surface area (TPSA) is 6.25 Å². The summed E-state index contributed by atoms with van der Waals surface area (Å²) in [5.74, 6) is 0. The van der Waals surface area contributed by atoms with Gasteiger partial charge < -0.3 is 22.2 Å². The molecular formula is C7H14BF4IN2. The molecular weight excluding hydrogens is 326 g/mol. The van der Waals surface area contributed by atoms with Crippen LogP contribution in [0.4, 0.5) is 17.3 Å². The Morgan fingerprint density at radius 1 is 1.20 bits per heavy atom. The summed E-state index contributed by atoms with van der Waals surface area (Å²) in [5.41, 5.74) is 0. The second-order valence-electron chi connectivity index (χ2n) is 3.07. The smallest absolute Gasteiger partial charge is 0.418 e. The first-order valence-electron chi connectivity index (χ1n) is 3.94. The molecule has 0 rings (SSSR count). The number of rotatable bonds is 2. The van der Waals surface area contributed by atoms with E-state index in [2.05, 4.69) is 35.0 Å². The number of hydrogen-bond donors (Lipinski definition) is 0. The Labute approximate surface area is 101 Å². The second kappa shape index (κ2) is 7.94. The molecule has 8 heteroatoms. The highest BCUT2D eigenvalue weighted by Crippen LogP contribution is 2.06. The van der Waals surface area contributed by atoms with E-state index in [1.165, 1.54) is 3.58 Å². The maximum atomic E-state index is 9.75. The van der Waals surface area contributed by atoms with Crippen LogP contribution in [0.25, 0.3) is 0 Å². The molecule has 0 heterocycles. The van der Waals surface area contributed by atoms with E-state index in [1.54, 1.807) is 0 Å². The third-order valence-corrected chi connectivity index (χ3v) is 1.32. The molecule has 0 saturated heterocycles. The van der Waals surface area contributed by atoms with Crippen LogP contribution in [0.1, 0.15) is 0 Å². The average molecular weight is 340 g/mol. The minimum atomic E-state index is -6.00. The largest absolute Gasteiger partial charge is 0.673 e. The van der Waals surface area contributed by atoms with Crippen molar-refractivity contribution < 1.29 is 21.8 Å². The highest BCUT2D eigenvalue weighted by Gasteiger charge is 2.20. The Bertz CT molecular complexity index is 228. The summed E-state index contributed by atoms with van der Waals surface area (Å²) in [5, 5.41) is 0. The van der Waals surface area contributed by atoms with Gasteiger partial charge in [0, 0.05) is 20.3 Å². The SMILES string of the molecule is CN(C)/C=C(/I)C=[N+](C)C.F[B-](F)(F)F. The standard InChI is InChI=1S/C7H14IN2.BF4/c1-9(2)5-7(8)6-10(3)4;2-1(3,4)5/h5-6H,1-4H3;/q+1;-1. The van der Waals surface area contributed by atoms with Gasteiger partial charge in [0.15, 0.2) is 6.21 Å². The Morgan fingerprint density at radius 2 is 1.53 bits per heavy atom. The number of halogens is 5. The molecule has 0 unspecified atom stereocenters. The van der Waals surface area contributed by atoms with Crippen molar-refractivity contribution in [1.29, 1.82) is 0 Å². The van der Waals surface area contributed by atoms with E-state index in [1.807, 2.05) is 37.7 Å². The molecule has 0 aliphatic heterocycles. The molecule has 0 aliphatic carbocycles. The van der Waals surface area contributed by atoms with Crippen molar-refractivity contribution in [3.8, 4) is 0 Å². The first kappa shape index (κ1) is 17.1. The third-order valence-electron chi connectivity index (χ3n) is 0.763. The highest BCUT2D eigenvalue weighted by atomic mass is 127. The van der Waals surface area contributed by atoms with E-state index in [9.17, 15) is 17.3 Å². The van der Waals surface area contributed by atoms with E-state index < -0.39 is 7.25 Å². The molecule has 0 aliphatic rings. The Morgan fingerprint density at radius 3 is 1.73 bits per heavy atom. The summed E-state index contributed by atoms with van der Waals surface area (Å²) in [4.78, 5) is 2.03. The van der Waals surface area contributed by atoms with E-state index in [4.69, 9.17) is 0 Å². The molecule has 0 N–H and O–H groups in total. The molecule has 15 heavy (non-hydrogen) atoms. The Kier molecular flexibility index (Phi) is 9.07. The summed E-state index contributed by atoms with van der Waals surface area (Å²) in [7, 11) is 2.06. The van der Waals surface area contributed by atoms with Crippen LogP contribution < -0.4 is 0 Å². The summed E-state index contributed by atoms with van der Waals surface area (Å²) >= 11 is 2.29. The zero-order chi connectivity index (χ0) is 12.6. The molecule has 0 saturated carbocycles. The zero-order valence-corrected chi connectivity index (χ0v) is 11.2. The van der Waals surface area contributed by atoms with E-state index in [0.29, 0.717) is 0 Å². The van der Waals surface area contributed by atoms with Gasteiger partial charge in [-0.25, -0.2) is 4.58 Å². The van der Waals surface area contributed by atoms with Crippen LogP contribution in [0, 0.1) is 0 Å². The third kappa shape index (κ3) is 31.6. The normalized spacial score (nSPS) is 11.4. The van der Waals surface area contributed by atoms with Crippen LogP contribution >= 0.6 is 22.6 Å². The van der Waals surface area contributed by atoms with E-state index >= 15 is 0 Å². The minimum absolute atomic E-state index is 1.23. The van der Waals surface area contributed by atoms with Crippen molar-refractivity contribution in [2.24, 2.45) is 0 Å². The van der Waals surface area contributed by atoms with Crippen LogP contribution in [-0.2, 0) is 0 Å². The fourth-order valence-electron chi connectivity index (χ4n) is 0.527. The van der Waals surface area contributed by atoms with Gasteiger partial charge in [0.2, 0.25) is 0 Å². The lowest BCUT2D eigenvalue weighted by Crippen LogP contribution is -2.04. The molecule has 0 aromatic heterocycles. The maximum absolute atomic E-state index is 9.75. The van der Waals surface area contributed by atoms with Crippen molar-refractivity contribution in [3.05, 3.63) is 9.78 Å². The second-order valence-corrected chi connectivity index (χ2v) is 4.31. The lowest BCUT2D eigenvalue weighted by Gasteiger charge is -2.02. The summed E-state index contributed by atoms with van der Waals surface area (Å²) < 4.78 is 42.3. The average Bonchev–Trinajstić information content (AvgIpc) is 1.76. The lowest BCUT2D eigenvalue weighted by molar-refractivity contribution is -0.458. The fraction of sp³-hybridized carbons (Fsp3) is 0.571. The van der Waals surface area contributed by atoms with Crippen molar-refractivity contribution in [2.75, 3.05) is 28.2 Å². The molecule has 90 valence electrons. The maximum Gasteiger partial charge on any atom is 0.673 e. The minimum Gasteiger partial charge on any atom is -0.418 e. The van der Waals surface area contributed by atoms with Crippen LogP contribution in [-0.4, -0.2) is 51.1 Å². The molecule has 0 spiro atoms. The summed E-state index contributed by atoms with van der Waals surface area (Å²) in [6.07, 6.45) is 4.14.